The highest BCUT2D eigenvalue weighted by Gasteiger charge is 2.63. The maximum atomic E-state index is 13.4. The van der Waals surface area contributed by atoms with Crippen molar-refractivity contribution in [3.05, 3.63) is 84.4 Å². The maximum absolute atomic E-state index is 13.4. The second-order valence-corrected chi connectivity index (χ2v) is 10.1. The molecule has 0 saturated carbocycles. The molecule has 3 amide bonds. The minimum absolute atomic E-state index is 0.114. The highest BCUT2D eigenvalue weighted by Crippen LogP contribution is 2.49. The van der Waals surface area contributed by atoms with Gasteiger partial charge in [0.05, 0.1) is 30.1 Å². The minimum atomic E-state index is -0.704. The van der Waals surface area contributed by atoms with Crippen molar-refractivity contribution in [2.75, 3.05) is 11.9 Å². The number of carbonyl (C=O) groups is 3. The maximum Gasteiger partial charge on any atom is 0.411 e. The molecule has 3 heterocycles. The van der Waals surface area contributed by atoms with E-state index >= 15 is 0 Å². The van der Waals surface area contributed by atoms with Crippen LogP contribution in [0.25, 0.3) is 0 Å². The summed E-state index contributed by atoms with van der Waals surface area (Å²) in [6.07, 6.45) is 0.671. The van der Waals surface area contributed by atoms with Crippen molar-refractivity contribution in [3.8, 4) is 17.2 Å². The van der Waals surface area contributed by atoms with Crippen molar-refractivity contribution in [2.24, 2.45) is 11.8 Å². The van der Waals surface area contributed by atoms with Crippen LogP contribution in [0.3, 0.4) is 0 Å². The number of ether oxygens (including phenoxy) is 3. The molecule has 6 rings (SSSR count). The van der Waals surface area contributed by atoms with Gasteiger partial charge in [0.1, 0.15) is 23.9 Å². The third kappa shape index (κ3) is 5.05. The van der Waals surface area contributed by atoms with E-state index in [0.717, 1.165) is 18.4 Å². The number of hydrogen-bond acceptors (Lipinski definition) is 7. The molecular weight excluding hydrogens is 500 g/mol. The van der Waals surface area contributed by atoms with Gasteiger partial charge in [0.15, 0.2) is 0 Å². The molecule has 3 fully saturated rings. The number of benzene rings is 3. The SMILES string of the molecule is O=C(Nc1ccc(Oc2ccccc2)cc1)OCC(Cc1ccc(O)cc1)N1C(=O)C2C3CCC(O3)C2C1=O. The number of imide groups is 1. The molecule has 200 valence electrons. The minimum Gasteiger partial charge on any atom is -0.508 e. The lowest BCUT2D eigenvalue weighted by Crippen LogP contribution is -2.46. The van der Waals surface area contributed by atoms with Crippen LogP contribution in [0.1, 0.15) is 18.4 Å². The number of rotatable bonds is 8. The van der Waals surface area contributed by atoms with Gasteiger partial charge in [0, 0.05) is 5.69 Å². The van der Waals surface area contributed by atoms with Crippen LogP contribution in [0.5, 0.6) is 17.2 Å². The Kier molecular flexibility index (Phi) is 6.66. The summed E-state index contributed by atoms with van der Waals surface area (Å²) < 4.78 is 17.1. The van der Waals surface area contributed by atoms with Gasteiger partial charge < -0.3 is 19.3 Å². The number of phenolic OH excluding ortho intramolecular Hbond substituents is 1. The summed E-state index contributed by atoms with van der Waals surface area (Å²) in [5, 5.41) is 12.3. The molecule has 0 aromatic heterocycles. The van der Waals surface area contributed by atoms with Gasteiger partial charge in [0.2, 0.25) is 11.8 Å². The Bertz CT molecular complexity index is 1330. The molecule has 3 saturated heterocycles. The third-order valence-electron chi connectivity index (χ3n) is 7.58. The smallest absolute Gasteiger partial charge is 0.411 e. The van der Waals surface area contributed by atoms with Crippen molar-refractivity contribution < 1.29 is 33.7 Å². The van der Waals surface area contributed by atoms with E-state index in [4.69, 9.17) is 14.2 Å². The van der Waals surface area contributed by atoms with Crippen LogP contribution < -0.4 is 10.1 Å². The van der Waals surface area contributed by atoms with Crippen LogP contribution >= 0.6 is 0 Å². The molecule has 0 spiro atoms. The van der Waals surface area contributed by atoms with Crippen LogP contribution in [0.2, 0.25) is 0 Å². The van der Waals surface area contributed by atoms with Gasteiger partial charge in [-0.3, -0.25) is 19.8 Å². The zero-order chi connectivity index (χ0) is 26.9. The first-order valence-electron chi connectivity index (χ1n) is 13.0. The number of carbonyl (C=O) groups excluding carboxylic acids is 3. The number of amides is 3. The normalized spacial score (nSPS) is 23.9. The summed E-state index contributed by atoms with van der Waals surface area (Å²) in [7, 11) is 0. The molecule has 0 radical (unpaired) electrons. The van der Waals surface area contributed by atoms with Gasteiger partial charge in [-0.15, -0.1) is 0 Å². The summed E-state index contributed by atoms with van der Waals surface area (Å²) in [5.41, 5.74) is 1.31. The third-order valence-corrected chi connectivity index (χ3v) is 7.58. The van der Waals surface area contributed by atoms with Crippen molar-refractivity contribution in [1.29, 1.82) is 0 Å². The predicted octanol–water partition coefficient (Wildman–Crippen LogP) is 4.51. The summed E-state index contributed by atoms with van der Waals surface area (Å²) >= 11 is 0. The van der Waals surface area contributed by atoms with E-state index in [1.807, 2.05) is 30.3 Å². The quantitative estimate of drug-likeness (QED) is 0.414. The van der Waals surface area contributed by atoms with E-state index in [2.05, 4.69) is 5.32 Å². The van der Waals surface area contributed by atoms with Gasteiger partial charge in [-0.2, -0.15) is 0 Å². The number of aromatic hydroxyl groups is 1. The Morgan fingerprint density at radius 1 is 0.897 bits per heavy atom. The molecule has 5 unspecified atom stereocenters. The number of hydrogen-bond donors (Lipinski definition) is 2. The van der Waals surface area contributed by atoms with Crippen molar-refractivity contribution in [1.82, 2.24) is 4.90 Å². The lowest BCUT2D eigenvalue weighted by atomic mass is 9.81. The van der Waals surface area contributed by atoms with E-state index in [1.165, 1.54) is 4.90 Å². The van der Waals surface area contributed by atoms with Crippen molar-refractivity contribution in [2.45, 2.75) is 37.5 Å². The fraction of sp³-hybridized carbons (Fsp3) is 0.300. The lowest BCUT2D eigenvalue weighted by Gasteiger charge is -2.27. The molecule has 3 aliphatic rings. The van der Waals surface area contributed by atoms with E-state index < -0.39 is 24.0 Å². The van der Waals surface area contributed by atoms with E-state index in [9.17, 15) is 19.5 Å². The summed E-state index contributed by atoms with van der Waals surface area (Å²) in [6, 6.07) is 22.0. The van der Waals surface area contributed by atoms with E-state index in [-0.39, 0.29) is 42.8 Å². The van der Waals surface area contributed by atoms with Gasteiger partial charge >= 0.3 is 6.09 Å². The first kappa shape index (κ1) is 24.9. The number of para-hydroxylation sites is 1. The van der Waals surface area contributed by atoms with Gasteiger partial charge in [-0.05, 0) is 73.4 Å². The van der Waals surface area contributed by atoms with Crippen LogP contribution in [0.15, 0.2) is 78.9 Å². The number of phenols is 1. The molecule has 5 atom stereocenters. The van der Waals surface area contributed by atoms with Crippen molar-refractivity contribution in [3.63, 3.8) is 0 Å². The molecular formula is C30H28N2O7. The summed E-state index contributed by atoms with van der Waals surface area (Å²) in [5.74, 6) is -0.0376. The first-order valence-corrected chi connectivity index (χ1v) is 13.0. The van der Waals surface area contributed by atoms with Crippen LogP contribution in [-0.2, 0) is 25.5 Å². The topological polar surface area (TPSA) is 114 Å². The molecule has 2 bridgehead atoms. The van der Waals surface area contributed by atoms with Gasteiger partial charge in [-0.25, -0.2) is 4.79 Å². The Morgan fingerprint density at radius 3 is 2.15 bits per heavy atom. The predicted molar refractivity (Wildman–Crippen MR) is 140 cm³/mol. The number of nitrogens with one attached hydrogen (secondary N) is 1. The molecule has 9 nitrogen and oxygen atoms in total. The Labute approximate surface area is 225 Å². The average molecular weight is 529 g/mol. The standard InChI is InChI=1S/C30H28N2O7/c33-21-10-6-18(7-11-21)16-20(32-28(34)26-24-14-15-25(39-24)27(26)29(32)35)17-37-30(36)31-19-8-12-23(13-9-19)38-22-4-2-1-3-5-22/h1-13,20,24-27,33H,14-17H2,(H,31,36). The van der Waals surface area contributed by atoms with E-state index in [1.54, 1.807) is 48.5 Å². The van der Waals surface area contributed by atoms with Gasteiger partial charge in [-0.1, -0.05) is 30.3 Å². The second-order valence-electron chi connectivity index (χ2n) is 10.1. The Hall–Kier alpha value is -4.37. The lowest BCUT2D eigenvalue weighted by molar-refractivity contribution is -0.146. The van der Waals surface area contributed by atoms with Crippen LogP contribution in [-0.4, -0.2) is 52.8 Å². The zero-order valence-electron chi connectivity index (χ0n) is 21.1. The Balaban J connectivity index is 1.12. The molecule has 3 aromatic rings. The van der Waals surface area contributed by atoms with Crippen LogP contribution in [0.4, 0.5) is 10.5 Å². The molecule has 39 heavy (non-hydrogen) atoms. The van der Waals surface area contributed by atoms with Crippen molar-refractivity contribution >= 4 is 23.6 Å². The van der Waals surface area contributed by atoms with Gasteiger partial charge in [0.25, 0.3) is 0 Å². The Morgan fingerprint density at radius 2 is 1.51 bits per heavy atom. The fourth-order valence-corrected chi connectivity index (χ4v) is 5.78. The molecule has 0 aliphatic carbocycles. The first-order chi connectivity index (χ1) is 19.0. The largest absolute Gasteiger partial charge is 0.508 e. The molecule has 9 heteroatoms. The second kappa shape index (κ2) is 10.4. The summed E-state index contributed by atoms with van der Waals surface area (Å²) in [4.78, 5) is 40.7. The van der Waals surface area contributed by atoms with E-state index in [0.29, 0.717) is 17.2 Å². The highest BCUT2D eigenvalue weighted by molar-refractivity contribution is 6.06. The summed E-state index contributed by atoms with van der Waals surface area (Å²) in [6.45, 7) is -0.172. The number of nitrogens with zero attached hydrogens (tertiary/aromatic N) is 1. The monoisotopic (exact) mass is 528 g/mol. The highest BCUT2D eigenvalue weighted by atomic mass is 16.5. The fourth-order valence-electron chi connectivity index (χ4n) is 5.78. The molecule has 3 aliphatic heterocycles. The number of anilines is 1. The molecule has 2 N–H and O–H groups in total. The zero-order valence-corrected chi connectivity index (χ0v) is 21.1. The number of likely N-dealkylation sites (tertiary alicyclic amines) is 1. The molecule has 3 aromatic carbocycles. The average Bonchev–Trinajstić information content (AvgIpc) is 3.63. The van der Waals surface area contributed by atoms with Crippen LogP contribution in [0, 0.1) is 11.8 Å². The number of fused-ring (bicyclic) bond motifs is 5.